The summed E-state index contributed by atoms with van der Waals surface area (Å²) in [6.45, 7) is 1.08. The number of rotatable bonds is 5. The molecule has 1 aliphatic heterocycles. The van der Waals surface area contributed by atoms with Gasteiger partial charge in [-0.2, -0.15) is 0 Å². The lowest BCUT2D eigenvalue weighted by atomic mass is 10.1. The highest BCUT2D eigenvalue weighted by Crippen LogP contribution is 2.39. The van der Waals surface area contributed by atoms with E-state index in [0.29, 0.717) is 25.9 Å². The molecular formula is C17H15ClN4O4S3. The van der Waals surface area contributed by atoms with Gasteiger partial charge in [-0.15, -0.1) is 22.7 Å². The Morgan fingerprint density at radius 3 is 2.62 bits per heavy atom. The van der Waals surface area contributed by atoms with E-state index in [2.05, 4.69) is 14.9 Å². The number of nitro groups is 1. The van der Waals surface area contributed by atoms with Crippen LogP contribution in [-0.4, -0.2) is 41.6 Å². The average Bonchev–Trinajstić information content (AvgIpc) is 3.36. The largest absolute Gasteiger partial charge is 0.348 e. The van der Waals surface area contributed by atoms with E-state index in [-0.39, 0.29) is 14.2 Å². The summed E-state index contributed by atoms with van der Waals surface area (Å²) in [7, 11) is -3.66. The molecule has 0 bridgehead atoms. The first kappa shape index (κ1) is 20.2. The van der Waals surface area contributed by atoms with E-state index in [0.717, 1.165) is 33.9 Å². The van der Waals surface area contributed by atoms with Crippen LogP contribution in [0.1, 0.15) is 12.8 Å². The minimum absolute atomic E-state index is 0.0423. The van der Waals surface area contributed by atoms with Crippen LogP contribution in [0.3, 0.4) is 0 Å². The topological polar surface area (TPSA) is 106 Å². The number of sulfone groups is 1. The number of aromatic nitrogens is 2. The number of nitrogens with zero attached hydrogens (tertiary/aromatic N) is 4. The van der Waals surface area contributed by atoms with E-state index in [1.54, 1.807) is 6.20 Å². The van der Waals surface area contributed by atoms with Crippen LogP contribution in [0, 0.1) is 10.1 Å². The van der Waals surface area contributed by atoms with Gasteiger partial charge in [0.1, 0.15) is 9.90 Å². The Balaban J connectivity index is 1.46. The zero-order chi connectivity index (χ0) is 20.6. The highest BCUT2D eigenvalue weighted by molar-refractivity contribution is 7.94. The normalized spacial score (nSPS) is 15.6. The van der Waals surface area contributed by atoms with E-state index in [4.69, 9.17) is 11.6 Å². The standard InChI is InChI=1S/C17H15ClN4O4S3/c18-16-14(22(23)24)9-15(28-16)29(25,26)11-4-7-21(8-5-11)17-20-13(10-27-17)12-3-1-2-6-19-12/h1-3,6,9-11H,4-5,7-8H2. The van der Waals surface area contributed by atoms with E-state index in [1.165, 1.54) is 11.3 Å². The highest BCUT2D eigenvalue weighted by Gasteiger charge is 2.35. The van der Waals surface area contributed by atoms with Crippen molar-refractivity contribution in [1.29, 1.82) is 0 Å². The zero-order valence-electron chi connectivity index (χ0n) is 14.9. The number of thiophene rings is 1. The van der Waals surface area contributed by atoms with Crippen LogP contribution in [-0.2, 0) is 9.84 Å². The van der Waals surface area contributed by atoms with Crippen molar-refractivity contribution in [3.8, 4) is 11.4 Å². The lowest BCUT2D eigenvalue weighted by Gasteiger charge is -2.31. The van der Waals surface area contributed by atoms with Crippen LogP contribution in [0.4, 0.5) is 10.8 Å². The van der Waals surface area contributed by atoms with Crippen molar-refractivity contribution in [1.82, 2.24) is 9.97 Å². The maximum atomic E-state index is 12.9. The number of thiazole rings is 1. The molecule has 0 amide bonds. The predicted molar refractivity (Wildman–Crippen MR) is 114 cm³/mol. The number of halogens is 1. The molecule has 1 saturated heterocycles. The number of anilines is 1. The Morgan fingerprint density at radius 2 is 2.00 bits per heavy atom. The van der Waals surface area contributed by atoms with Gasteiger partial charge in [0.25, 0.3) is 5.69 Å². The van der Waals surface area contributed by atoms with Crippen LogP contribution in [0.2, 0.25) is 4.34 Å². The van der Waals surface area contributed by atoms with Crippen LogP contribution in [0.5, 0.6) is 0 Å². The molecule has 0 N–H and O–H groups in total. The molecule has 29 heavy (non-hydrogen) atoms. The molecule has 0 spiro atoms. The number of hydrogen-bond acceptors (Lipinski definition) is 9. The Kier molecular flexibility index (Phi) is 5.56. The van der Waals surface area contributed by atoms with E-state index in [9.17, 15) is 18.5 Å². The van der Waals surface area contributed by atoms with Crippen molar-refractivity contribution in [2.75, 3.05) is 18.0 Å². The Morgan fingerprint density at radius 1 is 1.24 bits per heavy atom. The first-order valence-electron chi connectivity index (χ1n) is 8.66. The number of pyridine rings is 1. The van der Waals surface area contributed by atoms with Gasteiger partial charge in [-0.25, -0.2) is 13.4 Å². The van der Waals surface area contributed by atoms with Gasteiger partial charge in [0.2, 0.25) is 0 Å². The fraction of sp³-hybridized carbons (Fsp3) is 0.294. The first-order valence-corrected chi connectivity index (χ1v) is 12.3. The molecular weight excluding hydrogens is 456 g/mol. The molecule has 12 heteroatoms. The molecule has 1 fully saturated rings. The molecule has 4 rings (SSSR count). The second kappa shape index (κ2) is 7.98. The van der Waals surface area contributed by atoms with Crippen molar-refractivity contribution >= 4 is 54.9 Å². The molecule has 0 saturated carbocycles. The van der Waals surface area contributed by atoms with Gasteiger partial charge < -0.3 is 4.90 Å². The molecule has 8 nitrogen and oxygen atoms in total. The summed E-state index contributed by atoms with van der Waals surface area (Å²) < 4.78 is 25.6. The Hall–Kier alpha value is -2.08. The molecule has 3 aromatic rings. The van der Waals surface area contributed by atoms with E-state index >= 15 is 0 Å². The van der Waals surface area contributed by atoms with Gasteiger partial charge in [-0.3, -0.25) is 15.1 Å². The summed E-state index contributed by atoms with van der Waals surface area (Å²) >= 11 is 8.08. The highest BCUT2D eigenvalue weighted by atomic mass is 35.5. The Labute approximate surface area is 179 Å². The fourth-order valence-corrected chi connectivity index (χ4v) is 7.69. The lowest BCUT2D eigenvalue weighted by Crippen LogP contribution is -2.39. The minimum atomic E-state index is -3.66. The second-order valence-electron chi connectivity index (χ2n) is 6.44. The van der Waals surface area contributed by atoms with Crippen molar-refractivity contribution in [2.24, 2.45) is 0 Å². The smallest absolute Gasteiger partial charge is 0.300 e. The predicted octanol–water partition coefficient (Wildman–Crippen LogP) is 4.27. The summed E-state index contributed by atoms with van der Waals surface area (Å²) in [4.78, 5) is 21.3. The number of piperidine rings is 1. The van der Waals surface area contributed by atoms with Crippen LogP contribution < -0.4 is 4.90 Å². The minimum Gasteiger partial charge on any atom is -0.348 e. The molecule has 0 aliphatic carbocycles. The van der Waals surface area contributed by atoms with Crippen molar-refractivity contribution in [3.05, 3.63) is 50.3 Å². The molecule has 3 aromatic heterocycles. The fourth-order valence-electron chi connectivity index (χ4n) is 3.17. The summed E-state index contributed by atoms with van der Waals surface area (Å²) in [5.74, 6) is 0. The molecule has 0 unspecified atom stereocenters. The van der Waals surface area contributed by atoms with Gasteiger partial charge in [0, 0.05) is 30.7 Å². The molecule has 152 valence electrons. The lowest BCUT2D eigenvalue weighted by molar-refractivity contribution is -0.384. The third-order valence-electron chi connectivity index (χ3n) is 4.69. The van der Waals surface area contributed by atoms with Crippen molar-refractivity contribution < 1.29 is 13.3 Å². The third-order valence-corrected chi connectivity index (χ3v) is 9.70. The van der Waals surface area contributed by atoms with Crippen LogP contribution in [0.15, 0.2) is 40.1 Å². The summed E-state index contributed by atoms with van der Waals surface area (Å²) in [5.41, 5.74) is 1.22. The zero-order valence-corrected chi connectivity index (χ0v) is 18.1. The Bertz CT molecular complexity index is 1140. The van der Waals surface area contributed by atoms with Gasteiger partial charge in [-0.1, -0.05) is 17.7 Å². The van der Waals surface area contributed by atoms with E-state index < -0.39 is 20.0 Å². The maximum absolute atomic E-state index is 12.9. The van der Waals surface area contributed by atoms with Crippen LogP contribution >= 0.6 is 34.3 Å². The summed E-state index contributed by atoms with van der Waals surface area (Å²) in [5, 5.41) is 13.1. The van der Waals surface area contributed by atoms with Crippen molar-refractivity contribution in [3.63, 3.8) is 0 Å². The van der Waals surface area contributed by atoms with Gasteiger partial charge in [0.15, 0.2) is 19.3 Å². The summed E-state index contributed by atoms with van der Waals surface area (Å²) in [6, 6.07) is 6.70. The quantitative estimate of drug-likeness (QED) is 0.404. The second-order valence-corrected chi connectivity index (χ2v) is 11.4. The monoisotopic (exact) mass is 470 g/mol. The first-order chi connectivity index (χ1) is 13.9. The average molecular weight is 471 g/mol. The third kappa shape index (κ3) is 4.00. The molecule has 4 heterocycles. The molecule has 0 aromatic carbocycles. The van der Waals surface area contributed by atoms with Gasteiger partial charge >= 0.3 is 0 Å². The molecule has 1 aliphatic rings. The number of hydrogen-bond donors (Lipinski definition) is 0. The SMILES string of the molecule is O=[N+]([O-])c1cc(S(=O)(=O)C2CCN(c3nc(-c4ccccn4)cs3)CC2)sc1Cl. The van der Waals surface area contributed by atoms with Gasteiger partial charge in [-0.05, 0) is 25.0 Å². The molecule has 0 radical (unpaired) electrons. The van der Waals surface area contributed by atoms with Crippen LogP contribution in [0.25, 0.3) is 11.4 Å². The summed E-state index contributed by atoms with van der Waals surface area (Å²) in [6.07, 6.45) is 2.56. The maximum Gasteiger partial charge on any atom is 0.300 e. The molecule has 0 atom stereocenters. The van der Waals surface area contributed by atoms with E-state index in [1.807, 2.05) is 23.6 Å². The van der Waals surface area contributed by atoms with Crippen molar-refractivity contribution in [2.45, 2.75) is 22.3 Å². The van der Waals surface area contributed by atoms with Gasteiger partial charge in [0.05, 0.1) is 15.9 Å².